The van der Waals surface area contributed by atoms with E-state index in [1.54, 1.807) is 0 Å². The molecule has 0 radical (unpaired) electrons. The van der Waals surface area contributed by atoms with Gasteiger partial charge in [-0.2, -0.15) is 0 Å². The minimum atomic E-state index is -1.76. The van der Waals surface area contributed by atoms with E-state index in [4.69, 9.17) is 9.47 Å². The van der Waals surface area contributed by atoms with Crippen molar-refractivity contribution in [3.05, 3.63) is 61.9 Å². The van der Waals surface area contributed by atoms with Crippen LogP contribution in [0.15, 0.2) is 24.4 Å². The van der Waals surface area contributed by atoms with Crippen molar-refractivity contribution >= 4 is 5.70 Å². The second-order valence-corrected chi connectivity index (χ2v) is 4.14. The molecule has 1 aliphatic carbocycles. The molecule has 1 aromatic heterocycles. The molecule has 0 atom stereocenters. The number of hydrogen-bond acceptors (Lipinski definition) is 7. The average molecular weight is 278 g/mol. The number of ether oxygens (including phenoxy) is 2. The van der Waals surface area contributed by atoms with Crippen LogP contribution in [0.1, 0.15) is 11.3 Å². The summed E-state index contributed by atoms with van der Waals surface area (Å²) in [6, 6.07) is 2.43. The van der Waals surface area contributed by atoms with Gasteiger partial charge in [0.05, 0.1) is 18.9 Å². The maximum Gasteiger partial charge on any atom is 0.233 e. The molecule has 1 aliphatic heterocycles. The number of nitrogens with zero attached hydrogens (tertiary/aromatic N) is 3. The van der Waals surface area contributed by atoms with Gasteiger partial charge in [-0.25, -0.2) is 0 Å². The van der Waals surface area contributed by atoms with Crippen LogP contribution >= 0.6 is 0 Å². The van der Waals surface area contributed by atoms with Crippen LogP contribution in [0.25, 0.3) is 5.70 Å². The molecule has 1 fully saturated rings. The molecule has 0 aromatic carbocycles. The summed E-state index contributed by atoms with van der Waals surface area (Å²) in [6.45, 7) is 0.296. The van der Waals surface area contributed by atoms with Crippen LogP contribution in [0.4, 0.5) is 0 Å². The zero-order valence-corrected chi connectivity index (χ0v) is 10.0. The molecule has 0 bridgehead atoms. The molecule has 0 saturated carbocycles. The summed E-state index contributed by atoms with van der Waals surface area (Å²) in [5.41, 5.74) is -0.201. The molecular weight excluding hydrogens is 270 g/mol. The van der Waals surface area contributed by atoms with E-state index in [0.717, 1.165) is 6.08 Å². The summed E-state index contributed by atoms with van der Waals surface area (Å²) >= 11 is 0. The summed E-state index contributed by atoms with van der Waals surface area (Å²) < 4.78 is 10.8. The number of rotatable bonds is 2. The summed E-state index contributed by atoms with van der Waals surface area (Å²) in [5, 5.41) is 22.3. The van der Waals surface area contributed by atoms with Crippen LogP contribution in [0, 0.1) is 26.3 Å². The largest absolute Gasteiger partial charge is 0.348 e. The van der Waals surface area contributed by atoms with Crippen molar-refractivity contribution in [3.63, 3.8) is 0 Å². The Labute approximate surface area is 112 Å². The average Bonchev–Trinajstić information content (AvgIpc) is 2.89. The van der Waals surface area contributed by atoms with Gasteiger partial charge in [0.15, 0.2) is 6.04 Å². The zero-order chi connectivity index (χ0) is 14.3. The van der Waals surface area contributed by atoms with Crippen molar-refractivity contribution in [2.24, 2.45) is 0 Å². The second kappa shape index (κ2) is 4.25. The zero-order valence-electron chi connectivity index (χ0n) is 10.0. The smallest absolute Gasteiger partial charge is 0.233 e. The molecule has 0 N–H and O–H groups in total. The van der Waals surface area contributed by atoms with Crippen LogP contribution in [-0.4, -0.2) is 28.0 Å². The van der Waals surface area contributed by atoms with Crippen LogP contribution in [-0.2, 0) is 15.3 Å². The predicted octanol–water partition coefficient (Wildman–Crippen LogP) is 0.721. The Hall–Kier alpha value is -2.52. The van der Waals surface area contributed by atoms with E-state index in [1.807, 2.05) is 0 Å². The first kappa shape index (κ1) is 12.5. The highest BCUT2D eigenvalue weighted by atomic mass is 16.7. The molecule has 9 heteroatoms. The molecule has 104 valence electrons. The van der Waals surface area contributed by atoms with Gasteiger partial charge in [-0.3, -0.25) is 25.2 Å². The summed E-state index contributed by atoms with van der Waals surface area (Å²) in [6.07, 6.45) is 2.25. The lowest BCUT2D eigenvalue weighted by molar-refractivity contribution is -0.498. The Morgan fingerprint density at radius 2 is 2.00 bits per heavy atom. The SMILES string of the molecule is O=[N+]([O-])C1=C[C-]([N+](=O)[O-])C2(OCCO2)c2ncccc21. The normalized spacial score (nSPS) is 19.6. The van der Waals surface area contributed by atoms with E-state index in [-0.39, 0.29) is 24.5 Å². The first-order valence-corrected chi connectivity index (χ1v) is 5.68. The first-order valence-electron chi connectivity index (χ1n) is 5.68. The Bertz CT molecular complexity index is 622. The van der Waals surface area contributed by atoms with E-state index < -0.39 is 27.4 Å². The van der Waals surface area contributed by atoms with E-state index in [0.29, 0.717) is 0 Å². The Balaban J connectivity index is 2.26. The number of pyridine rings is 1. The van der Waals surface area contributed by atoms with Gasteiger partial charge in [0.25, 0.3) is 0 Å². The van der Waals surface area contributed by atoms with Gasteiger partial charge in [0.2, 0.25) is 5.79 Å². The van der Waals surface area contributed by atoms with Gasteiger partial charge < -0.3 is 9.47 Å². The lowest BCUT2D eigenvalue weighted by atomic mass is 9.90. The number of hydrogen-bond donors (Lipinski definition) is 0. The molecule has 0 amide bonds. The van der Waals surface area contributed by atoms with Crippen LogP contribution in [0.2, 0.25) is 0 Å². The van der Waals surface area contributed by atoms with Gasteiger partial charge >= 0.3 is 0 Å². The van der Waals surface area contributed by atoms with Crippen LogP contribution < -0.4 is 0 Å². The fraction of sp³-hybridized carbons (Fsp3) is 0.273. The lowest BCUT2D eigenvalue weighted by Gasteiger charge is -2.37. The lowest BCUT2D eigenvalue weighted by Crippen LogP contribution is -2.42. The maximum absolute atomic E-state index is 11.2. The fourth-order valence-electron chi connectivity index (χ4n) is 2.32. The Morgan fingerprint density at radius 1 is 1.30 bits per heavy atom. The molecule has 20 heavy (non-hydrogen) atoms. The monoisotopic (exact) mass is 278 g/mol. The third-order valence-corrected chi connectivity index (χ3v) is 3.09. The van der Waals surface area contributed by atoms with Gasteiger partial charge in [-0.05, 0) is 21.5 Å². The summed E-state index contributed by atoms with van der Waals surface area (Å²) in [4.78, 5) is 24.9. The molecule has 2 heterocycles. The van der Waals surface area contributed by atoms with Crippen molar-refractivity contribution < 1.29 is 19.3 Å². The summed E-state index contributed by atoms with van der Waals surface area (Å²) in [5.74, 6) is -1.76. The van der Waals surface area contributed by atoms with Gasteiger partial charge in [-0.1, -0.05) is 12.1 Å². The summed E-state index contributed by atoms with van der Waals surface area (Å²) in [7, 11) is 0. The predicted molar refractivity (Wildman–Crippen MR) is 63.0 cm³/mol. The van der Waals surface area contributed by atoms with Crippen molar-refractivity contribution in [3.8, 4) is 0 Å². The van der Waals surface area contributed by atoms with E-state index in [1.165, 1.54) is 18.3 Å². The van der Waals surface area contributed by atoms with Crippen molar-refractivity contribution in [2.75, 3.05) is 13.2 Å². The molecule has 1 aromatic rings. The van der Waals surface area contributed by atoms with Crippen molar-refractivity contribution in [1.29, 1.82) is 0 Å². The number of nitro groups is 2. The highest BCUT2D eigenvalue weighted by Gasteiger charge is 2.53. The highest BCUT2D eigenvalue weighted by Crippen LogP contribution is 2.47. The molecule has 1 spiro atoms. The maximum atomic E-state index is 11.2. The third kappa shape index (κ3) is 1.57. The quantitative estimate of drug-likeness (QED) is 0.444. The molecule has 2 aliphatic rings. The Kier molecular flexibility index (Phi) is 2.66. The third-order valence-electron chi connectivity index (χ3n) is 3.09. The minimum Gasteiger partial charge on any atom is -0.348 e. The molecule has 0 unspecified atom stereocenters. The van der Waals surface area contributed by atoms with Crippen molar-refractivity contribution in [1.82, 2.24) is 4.98 Å². The molecule has 9 nitrogen and oxygen atoms in total. The standard InChI is InChI=1S/C11H8N3O6/c15-13(16)8-6-9(14(17)18)11(19-4-5-20-11)10-7(8)2-1-3-12-10/h1-3,6H,4-5H2/q-1. The topological polar surface area (TPSA) is 118 Å². The van der Waals surface area contributed by atoms with Gasteiger partial charge in [0, 0.05) is 6.20 Å². The minimum absolute atomic E-state index is 0.0402. The molecule has 1 saturated heterocycles. The Morgan fingerprint density at radius 3 is 2.60 bits per heavy atom. The second-order valence-electron chi connectivity index (χ2n) is 4.14. The van der Waals surface area contributed by atoms with E-state index in [9.17, 15) is 20.2 Å². The molecular formula is C11H8N3O6-. The molecule has 3 rings (SSSR count). The fourth-order valence-corrected chi connectivity index (χ4v) is 2.32. The van der Waals surface area contributed by atoms with Gasteiger partial charge in [0.1, 0.15) is 5.70 Å². The van der Waals surface area contributed by atoms with Crippen LogP contribution in [0.5, 0.6) is 0 Å². The number of aromatic nitrogens is 1. The first-order chi connectivity index (χ1) is 9.56. The van der Waals surface area contributed by atoms with E-state index >= 15 is 0 Å². The van der Waals surface area contributed by atoms with E-state index in [2.05, 4.69) is 4.98 Å². The van der Waals surface area contributed by atoms with Gasteiger partial charge in [-0.15, -0.1) is 0 Å². The number of fused-ring (bicyclic) bond motifs is 2. The highest BCUT2D eigenvalue weighted by molar-refractivity contribution is 5.67. The van der Waals surface area contributed by atoms with Crippen LogP contribution in [0.3, 0.4) is 0 Å². The van der Waals surface area contributed by atoms with Crippen molar-refractivity contribution in [2.45, 2.75) is 5.79 Å².